The second-order valence-electron chi connectivity index (χ2n) is 7.62. The molecule has 1 aromatic rings. The number of amides is 3. The molecule has 1 unspecified atom stereocenters. The number of hydrogen-bond donors (Lipinski definition) is 4. The van der Waals surface area contributed by atoms with E-state index in [1.165, 1.54) is 11.9 Å². The molecule has 1 atom stereocenters. The van der Waals surface area contributed by atoms with Crippen LogP contribution in [0.15, 0.2) is 28.7 Å². The zero-order valence-corrected chi connectivity index (χ0v) is 20.1. The number of likely N-dealkylation sites (N-methyl/N-ethyl adjacent to an activating group) is 1. The largest absolute Gasteiger partial charge is 0.347 e. The van der Waals surface area contributed by atoms with Crippen molar-refractivity contribution in [2.24, 2.45) is 0 Å². The van der Waals surface area contributed by atoms with E-state index in [1.54, 1.807) is 6.92 Å². The number of hydrogen-bond acceptors (Lipinski definition) is 6. The predicted octanol–water partition coefficient (Wildman–Crippen LogP) is 1.99. The SMILES string of the molecule is CNCCCC(NC=O)C(=O)Nc1ccc(SNC(=O)/C(C)=C/CN(C)C)c(C)c1C. The van der Waals surface area contributed by atoms with Gasteiger partial charge in [0.05, 0.1) is 0 Å². The van der Waals surface area contributed by atoms with Crippen LogP contribution in [0, 0.1) is 13.8 Å². The minimum absolute atomic E-state index is 0.134. The lowest BCUT2D eigenvalue weighted by Gasteiger charge is -2.18. The van der Waals surface area contributed by atoms with Gasteiger partial charge in [-0.15, -0.1) is 0 Å². The molecule has 31 heavy (non-hydrogen) atoms. The van der Waals surface area contributed by atoms with Crippen molar-refractivity contribution in [1.82, 2.24) is 20.3 Å². The highest BCUT2D eigenvalue weighted by atomic mass is 32.2. The van der Waals surface area contributed by atoms with Gasteiger partial charge >= 0.3 is 0 Å². The molecule has 0 heterocycles. The second-order valence-corrected chi connectivity index (χ2v) is 8.46. The van der Waals surface area contributed by atoms with Crippen molar-refractivity contribution in [1.29, 1.82) is 0 Å². The van der Waals surface area contributed by atoms with Gasteiger partial charge in [-0.3, -0.25) is 19.1 Å². The molecule has 0 aromatic heterocycles. The highest BCUT2D eigenvalue weighted by molar-refractivity contribution is 7.98. The molecule has 172 valence electrons. The third-order valence-electron chi connectivity index (χ3n) is 4.88. The van der Waals surface area contributed by atoms with Crippen molar-refractivity contribution in [2.75, 3.05) is 39.5 Å². The Hall–Kier alpha value is -2.36. The maximum atomic E-state index is 12.6. The topological polar surface area (TPSA) is 103 Å². The van der Waals surface area contributed by atoms with Crippen molar-refractivity contribution in [3.63, 3.8) is 0 Å². The molecule has 9 heteroatoms. The summed E-state index contributed by atoms with van der Waals surface area (Å²) in [5.41, 5.74) is 3.22. The summed E-state index contributed by atoms with van der Waals surface area (Å²) in [6.07, 6.45) is 3.75. The quantitative estimate of drug-likeness (QED) is 0.159. The summed E-state index contributed by atoms with van der Waals surface area (Å²) in [4.78, 5) is 38.6. The zero-order valence-electron chi connectivity index (χ0n) is 19.3. The smallest absolute Gasteiger partial charge is 0.256 e. The molecule has 1 rings (SSSR count). The zero-order chi connectivity index (χ0) is 23.4. The summed E-state index contributed by atoms with van der Waals surface area (Å²) in [5, 5.41) is 8.53. The monoisotopic (exact) mass is 449 g/mol. The van der Waals surface area contributed by atoms with Crippen LogP contribution >= 0.6 is 11.9 Å². The third-order valence-corrected chi connectivity index (χ3v) is 5.82. The summed E-state index contributed by atoms with van der Waals surface area (Å²) in [7, 11) is 5.74. The summed E-state index contributed by atoms with van der Waals surface area (Å²) >= 11 is 1.26. The summed E-state index contributed by atoms with van der Waals surface area (Å²) in [5.74, 6) is -0.383. The molecular weight excluding hydrogens is 414 g/mol. The van der Waals surface area contributed by atoms with Gasteiger partial charge in [-0.25, -0.2) is 0 Å². The van der Waals surface area contributed by atoms with E-state index in [9.17, 15) is 14.4 Å². The highest BCUT2D eigenvalue weighted by Gasteiger charge is 2.19. The standard InChI is InChI=1S/C22H35N5O3S/c1-15(11-13-27(5)6)21(29)26-31-20-10-9-18(16(2)17(20)3)25-22(30)19(24-14-28)8-7-12-23-4/h9-11,14,19,23H,7-8,12-13H2,1-6H3,(H,24,28)(H,25,30)(H,26,29)/b15-11+. The lowest BCUT2D eigenvalue weighted by Crippen LogP contribution is -2.40. The van der Waals surface area contributed by atoms with Crippen molar-refractivity contribution >= 4 is 35.9 Å². The first-order chi connectivity index (χ1) is 14.7. The molecule has 8 nitrogen and oxygen atoms in total. The van der Waals surface area contributed by atoms with E-state index in [0.29, 0.717) is 30.6 Å². The molecule has 0 aliphatic heterocycles. The van der Waals surface area contributed by atoms with Gasteiger partial charge in [-0.05, 0) is 96.5 Å². The van der Waals surface area contributed by atoms with Gasteiger partial charge in [0.25, 0.3) is 5.91 Å². The van der Waals surface area contributed by atoms with Gasteiger partial charge in [0.15, 0.2) is 0 Å². The first-order valence-corrected chi connectivity index (χ1v) is 11.1. The number of anilines is 1. The molecule has 4 N–H and O–H groups in total. The summed E-state index contributed by atoms with van der Waals surface area (Å²) in [6.45, 7) is 7.12. The van der Waals surface area contributed by atoms with Gasteiger partial charge in [-0.1, -0.05) is 6.08 Å². The first-order valence-electron chi connectivity index (χ1n) is 10.2. The van der Waals surface area contributed by atoms with Crippen LogP contribution in [0.4, 0.5) is 5.69 Å². The Morgan fingerprint density at radius 1 is 1.19 bits per heavy atom. The number of carbonyl (C=O) groups excluding carboxylic acids is 3. The van der Waals surface area contributed by atoms with Gasteiger partial charge in [0.2, 0.25) is 12.3 Å². The average molecular weight is 450 g/mol. The second kappa shape index (κ2) is 13.8. The van der Waals surface area contributed by atoms with Crippen molar-refractivity contribution in [3.8, 4) is 0 Å². The van der Waals surface area contributed by atoms with Crippen molar-refractivity contribution in [3.05, 3.63) is 34.9 Å². The van der Waals surface area contributed by atoms with Crippen LogP contribution in [-0.2, 0) is 14.4 Å². The molecule has 0 saturated heterocycles. The van der Waals surface area contributed by atoms with E-state index < -0.39 is 6.04 Å². The van der Waals surface area contributed by atoms with Crippen LogP contribution in [0.2, 0.25) is 0 Å². The Morgan fingerprint density at radius 3 is 2.52 bits per heavy atom. The normalized spacial score (nSPS) is 12.4. The molecule has 0 aliphatic carbocycles. The van der Waals surface area contributed by atoms with Crippen LogP contribution in [-0.4, -0.2) is 63.4 Å². The molecule has 0 spiro atoms. The lowest BCUT2D eigenvalue weighted by atomic mass is 10.1. The molecule has 0 aliphatic rings. The van der Waals surface area contributed by atoms with Gasteiger partial charge in [0.1, 0.15) is 6.04 Å². The summed E-state index contributed by atoms with van der Waals surface area (Å²) in [6, 6.07) is 3.09. The van der Waals surface area contributed by atoms with Crippen LogP contribution < -0.4 is 20.7 Å². The van der Waals surface area contributed by atoms with Crippen LogP contribution in [0.5, 0.6) is 0 Å². The minimum atomic E-state index is -0.587. The fraction of sp³-hybridized carbons (Fsp3) is 0.500. The number of nitrogens with zero attached hydrogens (tertiary/aromatic N) is 1. The van der Waals surface area contributed by atoms with Crippen LogP contribution in [0.25, 0.3) is 0 Å². The minimum Gasteiger partial charge on any atom is -0.347 e. The molecule has 0 fully saturated rings. The van der Waals surface area contributed by atoms with Crippen molar-refractivity contribution in [2.45, 2.75) is 44.6 Å². The van der Waals surface area contributed by atoms with Gasteiger partial charge < -0.3 is 20.9 Å². The number of carbonyl (C=O) groups is 3. The predicted molar refractivity (Wildman–Crippen MR) is 127 cm³/mol. The fourth-order valence-electron chi connectivity index (χ4n) is 2.71. The summed E-state index contributed by atoms with van der Waals surface area (Å²) < 4.78 is 2.86. The van der Waals surface area contributed by atoms with Crippen molar-refractivity contribution < 1.29 is 14.4 Å². The third kappa shape index (κ3) is 9.12. The highest BCUT2D eigenvalue weighted by Crippen LogP contribution is 2.28. The number of benzene rings is 1. The Kier molecular flexibility index (Phi) is 11.9. The number of rotatable bonds is 13. The van der Waals surface area contributed by atoms with E-state index in [2.05, 4.69) is 20.7 Å². The van der Waals surface area contributed by atoms with Crippen LogP contribution in [0.3, 0.4) is 0 Å². The van der Waals surface area contributed by atoms with E-state index in [1.807, 2.05) is 58.1 Å². The fourth-order valence-corrected chi connectivity index (χ4v) is 3.52. The van der Waals surface area contributed by atoms with Gasteiger partial charge in [-0.2, -0.15) is 0 Å². The number of nitrogens with one attached hydrogen (secondary N) is 4. The van der Waals surface area contributed by atoms with Gasteiger partial charge in [0, 0.05) is 22.7 Å². The molecule has 1 aromatic carbocycles. The maximum absolute atomic E-state index is 12.6. The molecule has 0 bridgehead atoms. The first kappa shape index (κ1) is 26.7. The Balaban J connectivity index is 2.80. The molecule has 3 amide bonds. The molecule has 0 saturated carbocycles. The van der Waals surface area contributed by atoms with E-state index >= 15 is 0 Å². The van der Waals surface area contributed by atoms with Crippen LogP contribution in [0.1, 0.15) is 30.9 Å². The lowest BCUT2D eigenvalue weighted by molar-refractivity contribution is -0.121. The van der Waals surface area contributed by atoms with E-state index in [4.69, 9.17) is 0 Å². The maximum Gasteiger partial charge on any atom is 0.256 e. The average Bonchev–Trinajstić information content (AvgIpc) is 2.73. The Labute approximate surface area is 189 Å². The van der Waals surface area contributed by atoms with E-state index in [-0.39, 0.29) is 11.8 Å². The Morgan fingerprint density at radius 2 is 1.90 bits per heavy atom. The molecule has 0 radical (unpaired) electrons. The molecular formula is C22H35N5O3S. The Bertz CT molecular complexity index is 796. The van der Waals surface area contributed by atoms with E-state index in [0.717, 1.165) is 29.0 Å².